The summed E-state index contributed by atoms with van der Waals surface area (Å²) in [6, 6.07) is 9.18. The Morgan fingerprint density at radius 1 is 1.13 bits per heavy atom. The summed E-state index contributed by atoms with van der Waals surface area (Å²) in [4.78, 5) is 7.02. The molecule has 1 fully saturated rings. The zero-order valence-corrected chi connectivity index (χ0v) is 14.9. The summed E-state index contributed by atoms with van der Waals surface area (Å²) in [5.41, 5.74) is 2.66. The van der Waals surface area contributed by atoms with Crippen LogP contribution in [0.1, 0.15) is 50.2 Å². The first kappa shape index (κ1) is 17.8. The van der Waals surface area contributed by atoms with Crippen LogP contribution in [0.5, 0.6) is 0 Å². The van der Waals surface area contributed by atoms with Crippen LogP contribution in [0.4, 0.5) is 0 Å². The van der Waals surface area contributed by atoms with Gasteiger partial charge in [-0.2, -0.15) is 0 Å². The lowest BCUT2D eigenvalue weighted by Gasteiger charge is -2.25. The minimum absolute atomic E-state index is 0.582. The van der Waals surface area contributed by atoms with Gasteiger partial charge in [0.15, 0.2) is 5.96 Å². The van der Waals surface area contributed by atoms with Gasteiger partial charge in [-0.25, -0.2) is 4.99 Å². The minimum atomic E-state index is 0.582. The van der Waals surface area contributed by atoms with Crippen LogP contribution in [0.3, 0.4) is 0 Å². The van der Waals surface area contributed by atoms with Gasteiger partial charge < -0.3 is 15.5 Å². The number of aliphatic imine (C=N–C) groups is 1. The van der Waals surface area contributed by atoms with Gasteiger partial charge in [0, 0.05) is 19.1 Å². The van der Waals surface area contributed by atoms with Gasteiger partial charge in [0.25, 0.3) is 0 Å². The molecule has 1 aromatic carbocycles. The summed E-state index contributed by atoms with van der Waals surface area (Å²) in [6.45, 7) is 4.71. The van der Waals surface area contributed by atoms with Gasteiger partial charge in [-0.05, 0) is 45.0 Å². The molecule has 1 aliphatic rings. The standard InChI is InChI=1S/C19H32N4/c1-4-20-19(22-18-12-6-5-7-13-18)21-14-16-10-8-9-11-17(16)15-23(2)3/h8-11,18H,4-7,12-15H2,1-3H3,(H2,20,21,22). The maximum atomic E-state index is 4.82. The molecular weight excluding hydrogens is 284 g/mol. The van der Waals surface area contributed by atoms with Crippen molar-refractivity contribution in [2.24, 2.45) is 4.99 Å². The molecule has 0 aromatic heterocycles. The lowest BCUT2D eigenvalue weighted by molar-refractivity contribution is 0.401. The molecule has 0 saturated heterocycles. The van der Waals surface area contributed by atoms with Crippen LogP contribution in [-0.2, 0) is 13.1 Å². The summed E-state index contributed by atoms with van der Waals surface area (Å²) < 4.78 is 0. The molecule has 128 valence electrons. The highest BCUT2D eigenvalue weighted by Gasteiger charge is 2.14. The van der Waals surface area contributed by atoms with E-state index in [0.717, 1.165) is 25.6 Å². The SMILES string of the molecule is CCNC(=NCc1ccccc1CN(C)C)NC1CCCCC1. The highest BCUT2D eigenvalue weighted by atomic mass is 15.2. The summed E-state index contributed by atoms with van der Waals surface area (Å²) in [5, 5.41) is 7.00. The van der Waals surface area contributed by atoms with Crippen molar-refractivity contribution in [1.29, 1.82) is 0 Å². The molecule has 0 spiro atoms. The number of hydrogen-bond acceptors (Lipinski definition) is 2. The second kappa shape index (κ2) is 9.56. The molecule has 0 heterocycles. The molecule has 0 atom stereocenters. The van der Waals surface area contributed by atoms with Gasteiger partial charge in [-0.3, -0.25) is 0 Å². The van der Waals surface area contributed by atoms with Crippen molar-refractivity contribution in [3.05, 3.63) is 35.4 Å². The number of hydrogen-bond donors (Lipinski definition) is 2. The molecule has 4 heteroatoms. The van der Waals surface area contributed by atoms with Crippen molar-refractivity contribution in [2.75, 3.05) is 20.6 Å². The second-order valence-electron chi connectivity index (χ2n) is 6.68. The van der Waals surface area contributed by atoms with Crippen LogP contribution in [0.25, 0.3) is 0 Å². The van der Waals surface area contributed by atoms with Crippen LogP contribution >= 0.6 is 0 Å². The topological polar surface area (TPSA) is 39.7 Å². The Morgan fingerprint density at radius 3 is 2.48 bits per heavy atom. The maximum Gasteiger partial charge on any atom is 0.191 e. The Hall–Kier alpha value is -1.55. The Morgan fingerprint density at radius 2 is 1.83 bits per heavy atom. The Balaban J connectivity index is 2.01. The molecule has 0 aliphatic heterocycles. The van der Waals surface area contributed by atoms with Gasteiger partial charge in [0.05, 0.1) is 6.54 Å². The van der Waals surface area contributed by atoms with E-state index >= 15 is 0 Å². The first-order valence-corrected chi connectivity index (χ1v) is 8.95. The predicted molar refractivity (Wildman–Crippen MR) is 98.7 cm³/mol. The largest absolute Gasteiger partial charge is 0.357 e. The first-order chi connectivity index (χ1) is 11.2. The van der Waals surface area contributed by atoms with E-state index in [-0.39, 0.29) is 0 Å². The fourth-order valence-electron chi connectivity index (χ4n) is 3.13. The van der Waals surface area contributed by atoms with Crippen molar-refractivity contribution < 1.29 is 0 Å². The summed E-state index contributed by atoms with van der Waals surface area (Å²) in [5.74, 6) is 0.957. The third kappa shape index (κ3) is 6.22. The number of nitrogens with one attached hydrogen (secondary N) is 2. The monoisotopic (exact) mass is 316 g/mol. The zero-order chi connectivity index (χ0) is 16.5. The quantitative estimate of drug-likeness (QED) is 0.626. The summed E-state index contributed by atoms with van der Waals surface area (Å²) >= 11 is 0. The van der Waals surface area contributed by atoms with E-state index in [1.807, 2.05) is 0 Å². The molecule has 23 heavy (non-hydrogen) atoms. The molecule has 4 nitrogen and oxygen atoms in total. The highest BCUT2D eigenvalue weighted by Crippen LogP contribution is 2.17. The molecule has 0 unspecified atom stereocenters. The molecule has 0 amide bonds. The van der Waals surface area contributed by atoms with E-state index in [0.29, 0.717) is 6.04 Å². The van der Waals surface area contributed by atoms with E-state index in [9.17, 15) is 0 Å². The second-order valence-corrected chi connectivity index (χ2v) is 6.68. The smallest absolute Gasteiger partial charge is 0.191 e. The molecule has 2 N–H and O–H groups in total. The first-order valence-electron chi connectivity index (χ1n) is 8.95. The maximum absolute atomic E-state index is 4.82. The van der Waals surface area contributed by atoms with Crippen molar-refractivity contribution in [3.63, 3.8) is 0 Å². The average Bonchev–Trinajstić information content (AvgIpc) is 2.54. The Bertz CT molecular complexity index is 490. The fourth-order valence-corrected chi connectivity index (χ4v) is 3.13. The van der Waals surface area contributed by atoms with E-state index in [4.69, 9.17) is 4.99 Å². The normalized spacial score (nSPS) is 16.6. The van der Waals surface area contributed by atoms with Crippen molar-refractivity contribution in [1.82, 2.24) is 15.5 Å². The fraction of sp³-hybridized carbons (Fsp3) is 0.632. The third-order valence-corrected chi connectivity index (χ3v) is 4.30. The van der Waals surface area contributed by atoms with Gasteiger partial charge in [-0.15, -0.1) is 0 Å². The number of benzene rings is 1. The van der Waals surface area contributed by atoms with Gasteiger partial charge in [0.1, 0.15) is 0 Å². The highest BCUT2D eigenvalue weighted by molar-refractivity contribution is 5.80. The van der Waals surface area contributed by atoms with Crippen LogP contribution < -0.4 is 10.6 Å². The van der Waals surface area contributed by atoms with Crippen LogP contribution in [0, 0.1) is 0 Å². The minimum Gasteiger partial charge on any atom is -0.357 e. The van der Waals surface area contributed by atoms with Crippen molar-refractivity contribution >= 4 is 5.96 Å². The molecule has 1 aromatic rings. The van der Waals surface area contributed by atoms with Crippen LogP contribution in [0.15, 0.2) is 29.3 Å². The van der Waals surface area contributed by atoms with Gasteiger partial charge >= 0.3 is 0 Å². The van der Waals surface area contributed by atoms with E-state index in [2.05, 4.69) is 60.8 Å². The summed E-state index contributed by atoms with van der Waals surface area (Å²) in [6.07, 6.45) is 6.58. The third-order valence-electron chi connectivity index (χ3n) is 4.30. The van der Waals surface area contributed by atoms with Crippen LogP contribution in [0.2, 0.25) is 0 Å². The lowest BCUT2D eigenvalue weighted by Crippen LogP contribution is -2.44. The molecule has 2 rings (SSSR count). The van der Waals surface area contributed by atoms with Gasteiger partial charge in [-0.1, -0.05) is 43.5 Å². The molecule has 0 radical (unpaired) electrons. The predicted octanol–water partition coefficient (Wildman–Crippen LogP) is 3.14. The zero-order valence-electron chi connectivity index (χ0n) is 14.9. The molecular formula is C19H32N4. The average molecular weight is 316 g/mol. The lowest BCUT2D eigenvalue weighted by atomic mass is 9.96. The van der Waals surface area contributed by atoms with Crippen molar-refractivity contribution in [2.45, 2.75) is 58.2 Å². The number of nitrogens with zero attached hydrogens (tertiary/aromatic N) is 2. The van der Waals surface area contributed by atoms with Crippen LogP contribution in [-0.4, -0.2) is 37.5 Å². The number of rotatable bonds is 6. The van der Waals surface area contributed by atoms with E-state index in [1.165, 1.54) is 43.2 Å². The Labute approximate surface area is 141 Å². The van der Waals surface area contributed by atoms with E-state index < -0.39 is 0 Å². The molecule has 0 bridgehead atoms. The number of guanidine groups is 1. The molecule has 1 aliphatic carbocycles. The summed E-state index contributed by atoms with van der Waals surface area (Å²) in [7, 11) is 4.21. The Kier molecular flexibility index (Phi) is 7.40. The molecule has 1 saturated carbocycles. The van der Waals surface area contributed by atoms with E-state index in [1.54, 1.807) is 0 Å². The van der Waals surface area contributed by atoms with Crippen molar-refractivity contribution in [3.8, 4) is 0 Å². The van der Waals surface area contributed by atoms with Gasteiger partial charge in [0.2, 0.25) is 0 Å².